The summed E-state index contributed by atoms with van der Waals surface area (Å²) in [6.45, 7) is 6.13. The minimum atomic E-state index is -3.09. The third-order valence-corrected chi connectivity index (χ3v) is 6.55. The molecule has 1 aromatic carbocycles. The van der Waals surface area contributed by atoms with Crippen molar-refractivity contribution >= 4 is 21.7 Å². The lowest BCUT2D eigenvalue weighted by atomic mass is 10.1. The van der Waals surface area contributed by atoms with Gasteiger partial charge >= 0.3 is 5.97 Å². The summed E-state index contributed by atoms with van der Waals surface area (Å²) in [6, 6.07) is 7.15. The number of esters is 1. The average molecular weight is 412 g/mol. The normalized spacial score (nSPS) is 19.0. The second-order valence-electron chi connectivity index (χ2n) is 6.85. The monoisotopic (exact) mass is 411 g/mol. The van der Waals surface area contributed by atoms with Gasteiger partial charge in [-0.15, -0.1) is 0 Å². The Labute approximate surface area is 166 Å². The van der Waals surface area contributed by atoms with Crippen molar-refractivity contribution in [3.05, 3.63) is 29.8 Å². The molecule has 2 atom stereocenters. The number of carbonyl (C=O) groups excluding carboxylic acids is 2. The van der Waals surface area contributed by atoms with Gasteiger partial charge in [0.1, 0.15) is 5.75 Å². The molecule has 0 bridgehead atoms. The van der Waals surface area contributed by atoms with Crippen LogP contribution in [-0.4, -0.2) is 62.0 Å². The molecule has 156 valence electrons. The van der Waals surface area contributed by atoms with Gasteiger partial charge in [-0.05, 0) is 45.2 Å². The Kier molecular flexibility index (Phi) is 7.86. The summed E-state index contributed by atoms with van der Waals surface area (Å²) in [5.74, 6) is -0.0208. The van der Waals surface area contributed by atoms with E-state index in [9.17, 15) is 18.0 Å². The van der Waals surface area contributed by atoms with Gasteiger partial charge in [-0.25, -0.2) is 8.42 Å². The van der Waals surface area contributed by atoms with Crippen LogP contribution in [0, 0.1) is 0 Å². The van der Waals surface area contributed by atoms with Crippen LogP contribution in [0.15, 0.2) is 24.3 Å². The molecule has 1 aliphatic heterocycles. The minimum absolute atomic E-state index is 0.0263. The van der Waals surface area contributed by atoms with E-state index in [1.54, 1.807) is 6.92 Å². The van der Waals surface area contributed by atoms with Gasteiger partial charge in [0.2, 0.25) is 0 Å². The Morgan fingerprint density at radius 3 is 2.57 bits per heavy atom. The molecular formula is C20H29NO6S. The predicted octanol–water partition coefficient (Wildman–Crippen LogP) is 1.99. The van der Waals surface area contributed by atoms with E-state index in [4.69, 9.17) is 9.47 Å². The molecule has 28 heavy (non-hydrogen) atoms. The van der Waals surface area contributed by atoms with Crippen molar-refractivity contribution in [2.24, 2.45) is 0 Å². The first kappa shape index (κ1) is 22.2. The standard InChI is InChI=1S/C20H29NO6S/c1-4-21(17-12-13-28(24,25)14-17)20(23)15(3)27-19(22)11-10-16-8-6-7-9-18(16)26-5-2/h6-9,15,17H,4-5,10-14H2,1-3H3. The van der Waals surface area contributed by atoms with Gasteiger partial charge in [0.25, 0.3) is 5.91 Å². The van der Waals surface area contributed by atoms with Crippen molar-refractivity contribution in [1.82, 2.24) is 4.90 Å². The van der Waals surface area contributed by atoms with E-state index in [-0.39, 0.29) is 29.9 Å². The Balaban J connectivity index is 1.90. The molecule has 0 radical (unpaired) electrons. The highest BCUT2D eigenvalue weighted by atomic mass is 32.2. The quantitative estimate of drug-likeness (QED) is 0.577. The first-order valence-electron chi connectivity index (χ1n) is 9.68. The second-order valence-corrected chi connectivity index (χ2v) is 9.08. The zero-order chi connectivity index (χ0) is 20.7. The Bertz CT molecular complexity index is 792. The second kappa shape index (κ2) is 9.91. The van der Waals surface area contributed by atoms with Gasteiger partial charge in [0.05, 0.1) is 18.1 Å². The summed E-state index contributed by atoms with van der Waals surface area (Å²) in [4.78, 5) is 26.4. The molecule has 0 aliphatic carbocycles. The van der Waals surface area contributed by atoms with Crippen LogP contribution in [0.2, 0.25) is 0 Å². The van der Waals surface area contributed by atoms with E-state index >= 15 is 0 Å². The summed E-state index contributed by atoms with van der Waals surface area (Å²) in [6.07, 6.45) is 0.0642. The van der Waals surface area contributed by atoms with Crippen LogP contribution in [0.25, 0.3) is 0 Å². The molecule has 1 saturated heterocycles. The molecular weight excluding hydrogens is 382 g/mol. The molecule has 1 aliphatic rings. The highest BCUT2D eigenvalue weighted by Crippen LogP contribution is 2.21. The Morgan fingerprint density at radius 2 is 1.96 bits per heavy atom. The van der Waals surface area contributed by atoms with Gasteiger partial charge in [0, 0.05) is 19.0 Å². The molecule has 8 heteroatoms. The molecule has 0 N–H and O–H groups in total. The summed E-state index contributed by atoms with van der Waals surface area (Å²) < 4.78 is 34.2. The maximum atomic E-state index is 12.7. The summed E-state index contributed by atoms with van der Waals surface area (Å²) in [7, 11) is -3.09. The van der Waals surface area contributed by atoms with Crippen molar-refractivity contribution in [1.29, 1.82) is 0 Å². The third kappa shape index (κ3) is 5.95. The smallest absolute Gasteiger partial charge is 0.306 e. The maximum Gasteiger partial charge on any atom is 0.306 e. The predicted molar refractivity (Wildman–Crippen MR) is 106 cm³/mol. The van der Waals surface area contributed by atoms with Gasteiger partial charge in [0.15, 0.2) is 15.9 Å². The van der Waals surface area contributed by atoms with Crippen LogP contribution in [0.3, 0.4) is 0 Å². The van der Waals surface area contributed by atoms with Gasteiger partial charge in [-0.2, -0.15) is 0 Å². The van der Waals surface area contributed by atoms with Crippen LogP contribution in [-0.2, 0) is 30.6 Å². The number of aryl methyl sites for hydroxylation is 1. The SMILES string of the molecule is CCOc1ccccc1CCC(=O)OC(C)C(=O)N(CC)C1CCS(=O)(=O)C1. The highest BCUT2D eigenvalue weighted by Gasteiger charge is 2.36. The lowest BCUT2D eigenvalue weighted by Gasteiger charge is -2.29. The minimum Gasteiger partial charge on any atom is -0.494 e. The molecule has 1 amide bonds. The lowest BCUT2D eigenvalue weighted by molar-refractivity contribution is -0.159. The van der Waals surface area contributed by atoms with Crippen LogP contribution < -0.4 is 4.74 Å². The van der Waals surface area contributed by atoms with E-state index in [2.05, 4.69) is 0 Å². The van der Waals surface area contributed by atoms with Crippen molar-refractivity contribution in [2.45, 2.75) is 52.2 Å². The van der Waals surface area contributed by atoms with E-state index < -0.39 is 21.9 Å². The number of ether oxygens (including phenoxy) is 2. The van der Waals surface area contributed by atoms with Crippen molar-refractivity contribution in [2.75, 3.05) is 24.7 Å². The zero-order valence-corrected chi connectivity index (χ0v) is 17.5. The van der Waals surface area contributed by atoms with E-state index in [0.717, 1.165) is 11.3 Å². The first-order chi connectivity index (χ1) is 13.3. The number of benzene rings is 1. The van der Waals surface area contributed by atoms with Gasteiger partial charge in [-0.1, -0.05) is 18.2 Å². The number of rotatable bonds is 9. The Morgan fingerprint density at radius 1 is 1.25 bits per heavy atom. The van der Waals surface area contributed by atoms with E-state index in [0.29, 0.717) is 26.0 Å². The van der Waals surface area contributed by atoms with Gasteiger partial charge < -0.3 is 14.4 Å². The molecule has 1 aromatic rings. The Hall–Kier alpha value is -2.09. The van der Waals surface area contributed by atoms with E-state index in [1.165, 1.54) is 11.8 Å². The van der Waals surface area contributed by atoms with Crippen LogP contribution >= 0.6 is 0 Å². The van der Waals surface area contributed by atoms with Crippen molar-refractivity contribution in [3.8, 4) is 5.75 Å². The molecule has 1 fully saturated rings. The number of amides is 1. The summed E-state index contributed by atoms with van der Waals surface area (Å²) in [5.41, 5.74) is 0.909. The van der Waals surface area contributed by atoms with Crippen molar-refractivity contribution in [3.63, 3.8) is 0 Å². The molecule has 0 spiro atoms. The topological polar surface area (TPSA) is 90.0 Å². The van der Waals surface area contributed by atoms with E-state index in [1.807, 2.05) is 31.2 Å². The molecule has 0 aromatic heterocycles. The largest absolute Gasteiger partial charge is 0.494 e. The fourth-order valence-electron chi connectivity index (χ4n) is 3.40. The number of nitrogens with zero attached hydrogens (tertiary/aromatic N) is 1. The molecule has 0 saturated carbocycles. The number of carbonyl (C=O) groups is 2. The fourth-order valence-corrected chi connectivity index (χ4v) is 5.13. The number of para-hydroxylation sites is 1. The molecule has 2 rings (SSSR count). The number of sulfone groups is 1. The lowest BCUT2D eigenvalue weighted by Crippen LogP contribution is -2.46. The first-order valence-corrected chi connectivity index (χ1v) is 11.5. The van der Waals surface area contributed by atoms with Crippen LogP contribution in [0.5, 0.6) is 5.75 Å². The number of hydrogen-bond donors (Lipinski definition) is 0. The molecule has 7 nitrogen and oxygen atoms in total. The zero-order valence-electron chi connectivity index (χ0n) is 16.7. The third-order valence-electron chi connectivity index (χ3n) is 4.80. The van der Waals surface area contributed by atoms with Gasteiger partial charge in [-0.3, -0.25) is 9.59 Å². The number of likely N-dealkylation sites (N-methyl/N-ethyl adjacent to an activating group) is 1. The molecule has 2 unspecified atom stereocenters. The maximum absolute atomic E-state index is 12.7. The average Bonchev–Trinajstić information content (AvgIpc) is 3.01. The van der Waals surface area contributed by atoms with Crippen LogP contribution in [0.4, 0.5) is 0 Å². The fraction of sp³-hybridized carbons (Fsp3) is 0.600. The van der Waals surface area contributed by atoms with Crippen LogP contribution in [0.1, 0.15) is 39.2 Å². The molecule has 1 heterocycles. The summed E-state index contributed by atoms with van der Waals surface area (Å²) >= 11 is 0. The number of hydrogen-bond acceptors (Lipinski definition) is 6. The van der Waals surface area contributed by atoms with Crippen molar-refractivity contribution < 1.29 is 27.5 Å². The highest BCUT2D eigenvalue weighted by molar-refractivity contribution is 7.91. The summed E-state index contributed by atoms with van der Waals surface area (Å²) in [5, 5.41) is 0.